The zero-order valence-electron chi connectivity index (χ0n) is 20.4. The van der Waals surface area contributed by atoms with Crippen LogP contribution in [-0.2, 0) is 11.8 Å². The molecule has 2 atom stereocenters. The molecule has 7 nitrogen and oxygen atoms in total. The first kappa shape index (κ1) is 23.1. The van der Waals surface area contributed by atoms with E-state index in [1.54, 1.807) is 24.0 Å². The van der Waals surface area contributed by atoms with E-state index in [1.165, 1.54) is 44.1 Å². The molecule has 182 valence electrons. The van der Waals surface area contributed by atoms with Crippen molar-refractivity contribution in [2.24, 2.45) is 24.3 Å². The molecule has 0 saturated heterocycles. The lowest BCUT2D eigenvalue weighted by Gasteiger charge is -2.42. The third kappa shape index (κ3) is 4.75. The van der Waals surface area contributed by atoms with E-state index in [4.69, 9.17) is 0 Å². The molecule has 2 N–H and O–H groups in total. The average Bonchev–Trinajstić information content (AvgIpc) is 3.41. The van der Waals surface area contributed by atoms with E-state index in [0.717, 1.165) is 25.7 Å². The standard InChI is InChI=1S/C27H37N5O2/c1-27(14-15-27)23(19-9-6-10-19)24(31-25(33)21-13-16-29-32(21)2)26(34)30-22-12-11-20(17-28-22)18-7-4-3-5-8-18/h11-13,16-19,23-24H,3-10,14-15H2,1-2H3,(H,31,33)(H,28,30,34)/t23?,24-/m0/s1. The predicted octanol–water partition coefficient (Wildman–Crippen LogP) is 4.82. The number of hydrogen-bond donors (Lipinski definition) is 2. The summed E-state index contributed by atoms with van der Waals surface area (Å²) in [4.78, 5) is 31.4. The summed E-state index contributed by atoms with van der Waals surface area (Å²) in [5.74, 6) is 1.30. The quantitative estimate of drug-likeness (QED) is 0.588. The highest BCUT2D eigenvalue weighted by Crippen LogP contribution is 2.58. The Morgan fingerprint density at radius 1 is 1.06 bits per heavy atom. The second-order valence-corrected chi connectivity index (χ2v) is 11.0. The fourth-order valence-electron chi connectivity index (χ4n) is 6.06. The van der Waals surface area contributed by atoms with Gasteiger partial charge in [-0.25, -0.2) is 4.98 Å². The Morgan fingerprint density at radius 3 is 2.38 bits per heavy atom. The Hall–Kier alpha value is -2.70. The lowest BCUT2D eigenvalue weighted by atomic mass is 9.66. The molecule has 1 unspecified atom stereocenters. The summed E-state index contributed by atoms with van der Waals surface area (Å²) >= 11 is 0. The molecule has 2 aromatic heterocycles. The third-order valence-electron chi connectivity index (χ3n) is 8.60. The molecule has 0 bridgehead atoms. The minimum atomic E-state index is -0.597. The van der Waals surface area contributed by atoms with Crippen molar-refractivity contribution in [3.63, 3.8) is 0 Å². The monoisotopic (exact) mass is 463 g/mol. The van der Waals surface area contributed by atoms with Gasteiger partial charge >= 0.3 is 0 Å². The number of pyridine rings is 1. The fraction of sp³-hybridized carbons (Fsp3) is 0.630. The highest BCUT2D eigenvalue weighted by atomic mass is 16.2. The van der Waals surface area contributed by atoms with Gasteiger partial charge in [-0.05, 0) is 66.5 Å². The van der Waals surface area contributed by atoms with Crippen molar-refractivity contribution in [3.05, 3.63) is 41.9 Å². The molecule has 5 rings (SSSR count). The number of nitrogens with zero attached hydrogens (tertiary/aromatic N) is 3. The van der Waals surface area contributed by atoms with E-state index >= 15 is 0 Å². The second kappa shape index (κ2) is 9.51. The molecular weight excluding hydrogens is 426 g/mol. The van der Waals surface area contributed by atoms with Crippen LogP contribution in [0, 0.1) is 17.3 Å². The van der Waals surface area contributed by atoms with Crippen molar-refractivity contribution in [2.45, 2.75) is 83.1 Å². The summed E-state index contributed by atoms with van der Waals surface area (Å²) < 4.78 is 1.55. The van der Waals surface area contributed by atoms with Crippen molar-refractivity contribution in [3.8, 4) is 0 Å². The number of aryl methyl sites for hydroxylation is 1. The van der Waals surface area contributed by atoms with Gasteiger partial charge in [0.15, 0.2) is 0 Å². The minimum absolute atomic E-state index is 0.102. The SMILES string of the molecule is Cn1nccc1C(=O)N[C@H](C(=O)Nc1ccc(C2CCCCC2)cn1)C(C1CCC1)C1(C)CC1. The Morgan fingerprint density at radius 2 is 1.82 bits per heavy atom. The van der Waals surface area contributed by atoms with E-state index in [-0.39, 0.29) is 23.1 Å². The van der Waals surface area contributed by atoms with E-state index in [2.05, 4.69) is 33.7 Å². The summed E-state index contributed by atoms with van der Waals surface area (Å²) in [6.07, 6.45) is 15.5. The van der Waals surface area contributed by atoms with Gasteiger partial charge in [0.05, 0.1) is 0 Å². The van der Waals surface area contributed by atoms with Crippen LogP contribution in [0.4, 0.5) is 5.82 Å². The first-order valence-electron chi connectivity index (χ1n) is 13.0. The molecule has 0 aromatic carbocycles. The lowest BCUT2D eigenvalue weighted by Crippen LogP contribution is -2.54. The number of hydrogen-bond acceptors (Lipinski definition) is 4. The van der Waals surface area contributed by atoms with Gasteiger partial charge in [-0.2, -0.15) is 5.10 Å². The van der Waals surface area contributed by atoms with Crippen LogP contribution in [0.1, 0.15) is 93.1 Å². The van der Waals surface area contributed by atoms with Crippen LogP contribution in [0.25, 0.3) is 0 Å². The Kier molecular flexibility index (Phi) is 6.45. The van der Waals surface area contributed by atoms with Crippen molar-refractivity contribution >= 4 is 17.6 Å². The first-order valence-corrected chi connectivity index (χ1v) is 13.0. The van der Waals surface area contributed by atoms with E-state index in [1.807, 2.05) is 12.3 Å². The molecule has 7 heteroatoms. The van der Waals surface area contributed by atoms with Crippen LogP contribution in [0.2, 0.25) is 0 Å². The summed E-state index contributed by atoms with van der Waals surface area (Å²) in [6.45, 7) is 2.27. The zero-order valence-corrected chi connectivity index (χ0v) is 20.4. The highest BCUT2D eigenvalue weighted by Gasteiger charge is 2.54. The summed E-state index contributed by atoms with van der Waals surface area (Å²) in [6, 6.07) is 5.11. The van der Waals surface area contributed by atoms with Crippen molar-refractivity contribution in [1.82, 2.24) is 20.1 Å². The zero-order chi connectivity index (χ0) is 23.7. The van der Waals surface area contributed by atoms with Gasteiger partial charge < -0.3 is 10.6 Å². The topological polar surface area (TPSA) is 88.9 Å². The van der Waals surface area contributed by atoms with E-state index in [9.17, 15) is 9.59 Å². The maximum Gasteiger partial charge on any atom is 0.270 e. The van der Waals surface area contributed by atoms with Gasteiger partial charge in [0.1, 0.15) is 17.6 Å². The number of carbonyl (C=O) groups is 2. The van der Waals surface area contributed by atoms with Gasteiger partial charge in [0.2, 0.25) is 5.91 Å². The predicted molar refractivity (Wildman–Crippen MR) is 131 cm³/mol. The van der Waals surface area contributed by atoms with Gasteiger partial charge in [-0.3, -0.25) is 14.3 Å². The molecule has 0 radical (unpaired) electrons. The van der Waals surface area contributed by atoms with Gasteiger partial charge in [-0.1, -0.05) is 51.5 Å². The summed E-state index contributed by atoms with van der Waals surface area (Å²) in [7, 11) is 1.74. The molecule has 3 fully saturated rings. The molecule has 2 amide bonds. The number of amides is 2. The van der Waals surface area contributed by atoms with Crippen molar-refractivity contribution < 1.29 is 9.59 Å². The van der Waals surface area contributed by atoms with Crippen molar-refractivity contribution in [2.75, 3.05) is 5.32 Å². The number of anilines is 1. The Bertz CT molecular complexity index is 1020. The van der Waals surface area contributed by atoms with Crippen LogP contribution in [-0.4, -0.2) is 32.6 Å². The molecule has 3 saturated carbocycles. The molecule has 34 heavy (non-hydrogen) atoms. The lowest BCUT2D eigenvalue weighted by molar-refractivity contribution is -0.121. The molecule has 0 spiro atoms. The minimum Gasteiger partial charge on any atom is -0.339 e. The Balaban J connectivity index is 1.35. The first-order chi connectivity index (χ1) is 16.4. The Labute approximate surface area is 202 Å². The normalized spacial score (nSPS) is 21.8. The smallest absolute Gasteiger partial charge is 0.270 e. The number of rotatable bonds is 8. The maximum absolute atomic E-state index is 13.7. The fourth-order valence-corrected chi connectivity index (χ4v) is 6.06. The van der Waals surface area contributed by atoms with Crippen LogP contribution < -0.4 is 10.6 Å². The average molecular weight is 464 g/mol. The largest absolute Gasteiger partial charge is 0.339 e. The number of aromatic nitrogens is 3. The highest BCUT2D eigenvalue weighted by molar-refractivity contribution is 6.00. The van der Waals surface area contributed by atoms with Crippen LogP contribution in [0.5, 0.6) is 0 Å². The maximum atomic E-state index is 13.7. The number of carbonyl (C=O) groups excluding carboxylic acids is 2. The van der Waals surface area contributed by atoms with Crippen molar-refractivity contribution in [1.29, 1.82) is 0 Å². The third-order valence-corrected chi connectivity index (χ3v) is 8.60. The molecule has 3 aliphatic rings. The van der Waals surface area contributed by atoms with Crippen LogP contribution >= 0.6 is 0 Å². The molecule has 2 aromatic rings. The van der Waals surface area contributed by atoms with Gasteiger partial charge in [0, 0.05) is 19.4 Å². The molecular formula is C27H37N5O2. The van der Waals surface area contributed by atoms with E-state index < -0.39 is 6.04 Å². The van der Waals surface area contributed by atoms with Crippen LogP contribution in [0.3, 0.4) is 0 Å². The summed E-state index contributed by atoms with van der Waals surface area (Å²) in [5, 5.41) is 10.3. The van der Waals surface area contributed by atoms with Gasteiger partial charge in [-0.15, -0.1) is 0 Å². The van der Waals surface area contributed by atoms with Crippen LogP contribution in [0.15, 0.2) is 30.6 Å². The summed E-state index contributed by atoms with van der Waals surface area (Å²) in [5.41, 5.74) is 1.82. The number of nitrogens with one attached hydrogen (secondary N) is 2. The molecule has 2 heterocycles. The van der Waals surface area contributed by atoms with Gasteiger partial charge in [0.25, 0.3) is 5.91 Å². The van der Waals surface area contributed by atoms with E-state index in [0.29, 0.717) is 23.3 Å². The molecule has 3 aliphatic carbocycles. The molecule has 0 aliphatic heterocycles. The second-order valence-electron chi connectivity index (χ2n) is 11.0.